The Labute approximate surface area is 154 Å². The number of aliphatic imine (C=N–C) groups is 1. The number of guanidine groups is 1. The first-order chi connectivity index (χ1) is 12.0. The summed E-state index contributed by atoms with van der Waals surface area (Å²) in [5.74, 6) is 0.934. The van der Waals surface area contributed by atoms with E-state index in [1.165, 1.54) is 25.7 Å². The zero-order valence-electron chi connectivity index (χ0n) is 16.8. The summed E-state index contributed by atoms with van der Waals surface area (Å²) >= 11 is 0. The average molecular weight is 354 g/mol. The first kappa shape index (κ1) is 20.5. The van der Waals surface area contributed by atoms with Crippen molar-refractivity contribution < 1.29 is 4.74 Å². The van der Waals surface area contributed by atoms with E-state index in [1.807, 2.05) is 0 Å². The number of likely N-dealkylation sites (N-methyl/N-ethyl adjacent to an activating group) is 1. The molecule has 6 nitrogen and oxygen atoms in total. The minimum atomic E-state index is 0.0623. The Morgan fingerprint density at radius 1 is 1.20 bits per heavy atom. The lowest BCUT2D eigenvalue weighted by molar-refractivity contribution is -0.00683. The van der Waals surface area contributed by atoms with Gasteiger partial charge in [-0.05, 0) is 40.7 Å². The van der Waals surface area contributed by atoms with Crippen LogP contribution < -0.4 is 10.6 Å². The number of hydrogen-bond acceptors (Lipinski definition) is 4. The van der Waals surface area contributed by atoms with E-state index in [1.54, 1.807) is 0 Å². The highest BCUT2D eigenvalue weighted by Gasteiger charge is 2.28. The number of morpholine rings is 1. The average Bonchev–Trinajstić information content (AvgIpc) is 3.15. The number of rotatable bonds is 8. The van der Waals surface area contributed by atoms with Crippen LogP contribution in [-0.2, 0) is 4.74 Å². The quantitative estimate of drug-likeness (QED) is 0.512. The monoisotopic (exact) mass is 353 g/mol. The van der Waals surface area contributed by atoms with E-state index in [-0.39, 0.29) is 5.54 Å². The van der Waals surface area contributed by atoms with Crippen molar-refractivity contribution in [3.63, 3.8) is 0 Å². The second kappa shape index (κ2) is 10.3. The van der Waals surface area contributed by atoms with Gasteiger partial charge in [0.2, 0.25) is 0 Å². The molecule has 1 aliphatic carbocycles. The normalized spacial score (nSPS) is 21.1. The van der Waals surface area contributed by atoms with Crippen LogP contribution in [0.2, 0.25) is 0 Å². The minimum absolute atomic E-state index is 0.0623. The Bertz CT molecular complexity index is 401. The van der Waals surface area contributed by atoms with E-state index >= 15 is 0 Å². The van der Waals surface area contributed by atoms with Crippen molar-refractivity contribution in [3.8, 4) is 0 Å². The van der Waals surface area contributed by atoms with Crippen LogP contribution in [0, 0.1) is 0 Å². The van der Waals surface area contributed by atoms with Crippen LogP contribution in [0.5, 0.6) is 0 Å². The summed E-state index contributed by atoms with van der Waals surface area (Å²) < 4.78 is 5.47. The molecule has 0 aromatic carbocycles. The fourth-order valence-electron chi connectivity index (χ4n) is 3.76. The number of nitrogens with one attached hydrogen (secondary N) is 2. The van der Waals surface area contributed by atoms with E-state index in [2.05, 4.69) is 48.3 Å². The molecule has 1 saturated heterocycles. The topological polar surface area (TPSA) is 52.1 Å². The number of ether oxygens (including phenoxy) is 1. The van der Waals surface area contributed by atoms with Gasteiger partial charge >= 0.3 is 0 Å². The highest BCUT2D eigenvalue weighted by atomic mass is 16.5. The van der Waals surface area contributed by atoms with Gasteiger partial charge in [0, 0.05) is 44.3 Å². The van der Waals surface area contributed by atoms with Gasteiger partial charge in [-0.25, -0.2) is 0 Å². The molecule has 0 bridgehead atoms. The number of nitrogens with zero attached hydrogens (tertiary/aromatic N) is 3. The summed E-state index contributed by atoms with van der Waals surface area (Å²) in [6.45, 7) is 14.0. The van der Waals surface area contributed by atoms with Crippen molar-refractivity contribution in [1.29, 1.82) is 0 Å². The maximum atomic E-state index is 5.47. The Hall–Kier alpha value is -0.850. The molecule has 0 spiro atoms. The maximum absolute atomic E-state index is 5.47. The fraction of sp³-hybridized carbons (Fsp3) is 0.947. The third kappa shape index (κ3) is 6.76. The molecule has 1 saturated carbocycles. The van der Waals surface area contributed by atoms with Gasteiger partial charge in [0.25, 0.3) is 0 Å². The van der Waals surface area contributed by atoms with E-state index in [4.69, 9.17) is 9.73 Å². The summed E-state index contributed by atoms with van der Waals surface area (Å²) in [6.07, 6.45) is 5.50. The Kier molecular flexibility index (Phi) is 8.46. The lowest BCUT2D eigenvalue weighted by Gasteiger charge is -2.39. The fourth-order valence-corrected chi connectivity index (χ4v) is 3.76. The molecule has 2 rings (SSSR count). The van der Waals surface area contributed by atoms with Crippen molar-refractivity contribution in [2.24, 2.45) is 4.99 Å². The highest BCUT2D eigenvalue weighted by molar-refractivity contribution is 5.79. The van der Waals surface area contributed by atoms with Gasteiger partial charge in [-0.15, -0.1) is 0 Å². The Morgan fingerprint density at radius 2 is 1.88 bits per heavy atom. The molecule has 1 heterocycles. The van der Waals surface area contributed by atoms with Crippen LogP contribution in [0.3, 0.4) is 0 Å². The van der Waals surface area contributed by atoms with E-state index < -0.39 is 0 Å². The Balaban J connectivity index is 1.78. The van der Waals surface area contributed by atoms with Gasteiger partial charge in [-0.3, -0.25) is 9.89 Å². The number of hydrogen-bond donors (Lipinski definition) is 2. The summed E-state index contributed by atoms with van der Waals surface area (Å²) in [4.78, 5) is 9.83. The van der Waals surface area contributed by atoms with Crippen LogP contribution in [0.4, 0.5) is 0 Å². The van der Waals surface area contributed by atoms with Gasteiger partial charge < -0.3 is 20.3 Å². The van der Waals surface area contributed by atoms with Gasteiger partial charge in [-0.1, -0.05) is 12.8 Å². The van der Waals surface area contributed by atoms with Crippen LogP contribution in [-0.4, -0.2) is 86.9 Å². The van der Waals surface area contributed by atoms with Crippen LogP contribution in [0.1, 0.15) is 46.5 Å². The molecule has 1 aliphatic heterocycles. The summed E-state index contributed by atoms with van der Waals surface area (Å²) in [6, 6.07) is 0.779. The molecule has 25 heavy (non-hydrogen) atoms. The van der Waals surface area contributed by atoms with Gasteiger partial charge in [0.05, 0.1) is 19.8 Å². The van der Waals surface area contributed by atoms with Crippen molar-refractivity contribution in [2.75, 3.05) is 59.5 Å². The third-order valence-corrected chi connectivity index (χ3v) is 5.54. The van der Waals surface area contributed by atoms with E-state index in [0.717, 1.165) is 64.5 Å². The standard InChI is InChI=1S/C19H39N5O/c1-5-20-18(21-10-11-23(4)17-8-6-7-9-17)22-16-19(2,3)24-12-14-25-15-13-24/h17H,5-16H2,1-4H3,(H2,20,21,22). The van der Waals surface area contributed by atoms with Crippen molar-refractivity contribution >= 4 is 5.96 Å². The van der Waals surface area contributed by atoms with Gasteiger partial charge in [0.15, 0.2) is 5.96 Å². The second-order valence-electron chi connectivity index (χ2n) is 7.95. The molecule has 6 heteroatoms. The SMILES string of the molecule is CCNC(=NCC(C)(C)N1CCOCC1)NCCN(C)C1CCCC1. The summed E-state index contributed by atoms with van der Waals surface area (Å²) in [5.41, 5.74) is 0.0623. The minimum Gasteiger partial charge on any atom is -0.379 e. The molecule has 0 atom stereocenters. The zero-order valence-corrected chi connectivity index (χ0v) is 16.8. The van der Waals surface area contributed by atoms with Crippen LogP contribution in [0.25, 0.3) is 0 Å². The molecule has 2 aliphatic rings. The van der Waals surface area contributed by atoms with Crippen molar-refractivity contribution in [3.05, 3.63) is 0 Å². The lowest BCUT2D eigenvalue weighted by atomic mass is 10.0. The maximum Gasteiger partial charge on any atom is 0.191 e. The predicted octanol–water partition coefficient (Wildman–Crippen LogP) is 1.53. The van der Waals surface area contributed by atoms with E-state index in [0.29, 0.717) is 0 Å². The summed E-state index contributed by atoms with van der Waals surface area (Å²) in [7, 11) is 2.25. The first-order valence-electron chi connectivity index (χ1n) is 10.1. The first-order valence-corrected chi connectivity index (χ1v) is 10.1. The largest absolute Gasteiger partial charge is 0.379 e. The molecule has 146 valence electrons. The molecular formula is C19H39N5O. The van der Waals surface area contributed by atoms with Crippen molar-refractivity contribution in [2.45, 2.75) is 58.0 Å². The highest BCUT2D eigenvalue weighted by Crippen LogP contribution is 2.21. The lowest BCUT2D eigenvalue weighted by Crippen LogP contribution is -2.52. The van der Waals surface area contributed by atoms with Crippen molar-refractivity contribution in [1.82, 2.24) is 20.4 Å². The molecular weight excluding hydrogens is 314 g/mol. The van der Waals surface area contributed by atoms with Crippen LogP contribution in [0.15, 0.2) is 4.99 Å². The van der Waals surface area contributed by atoms with E-state index in [9.17, 15) is 0 Å². The second-order valence-corrected chi connectivity index (χ2v) is 7.95. The molecule has 0 radical (unpaired) electrons. The van der Waals surface area contributed by atoms with Crippen LogP contribution >= 0.6 is 0 Å². The molecule has 0 unspecified atom stereocenters. The zero-order chi connectivity index (χ0) is 18.1. The van der Waals surface area contributed by atoms with Gasteiger partial charge in [0.1, 0.15) is 0 Å². The third-order valence-electron chi connectivity index (χ3n) is 5.54. The summed E-state index contributed by atoms with van der Waals surface area (Å²) in [5, 5.41) is 6.88. The molecule has 0 aromatic heterocycles. The molecule has 0 amide bonds. The molecule has 0 aromatic rings. The Morgan fingerprint density at radius 3 is 2.52 bits per heavy atom. The van der Waals surface area contributed by atoms with Gasteiger partial charge in [-0.2, -0.15) is 0 Å². The molecule has 2 fully saturated rings. The smallest absolute Gasteiger partial charge is 0.191 e. The predicted molar refractivity (Wildman–Crippen MR) is 105 cm³/mol. The molecule has 2 N–H and O–H groups in total.